The highest BCUT2D eigenvalue weighted by Gasteiger charge is 2.29. The van der Waals surface area contributed by atoms with Crippen LogP contribution in [0.1, 0.15) is 49.3 Å². The van der Waals surface area contributed by atoms with Crippen molar-refractivity contribution in [1.29, 1.82) is 0 Å². The van der Waals surface area contributed by atoms with E-state index < -0.39 is 0 Å². The fourth-order valence-electron chi connectivity index (χ4n) is 3.05. The van der Waals surface area contributed by atoms with Crippen LogP contribution in [0.3, 0.4) is 0 Å². The second-order valence-electron chi connectivity index (χ2n) is 5.64. The van der Waals surface area contributed by atoms with Gasteiger partial charge in [-0.25, -0.2) is 0 Å². The van der Waals surface area contributed by atoms with E-state index in [9.17, 15) is 4.79 Å². The average Bonchev–Trinajstić information content (AvgIpc) is 2.26. The molecule has 0 amide bonds. The number of aryl methyl sites for hydroxylation is 1. The van der Waals surface area contributed by atoms with Crippen LogP contribution in [0.25, 0.3) is 0 Å². The van der Waals surface area contributed by atoms with Crippen molar-refractivity contribution >= 4 is 5.78 Å². The van der Waals surface area contributed by atoms with Crippen LogP contribution in [0, 0.1) is 24.7 Å². The lowest BCUT2D eigenvalue weighted by Gasteiger charge is -2.30. The SMILES string of the molecule is Cc1cccc(C(=O)C2CC(C)CC(C)C2)n1. The molecule has 2 atom stereocenters. The van der Waals surface area contributed by atoms with E-state index >= 15 is 0 Å². The summed E-state index contributed by atoms with van der Waals surface area (Å²) in [7, 11) is 0. The van der Waals surface area contributed by atoms with E-state index in [0.717, 1.165) is 18.5 Å². The van der Waals surface area contributed by atoms with Crippen molar-refractivity contribution in [2.45, 2.75) is 40.0 Å². The number of pyridine rings is 1. The van der Waals surface area contributed by atoms with Crippen molar-refractivity contribution in [2.75, 3.05) is 0 Å². The monoisotopic (exact) mass is 231 g/mol. The molecule has 0 N–H and O–H groups in total. The molecule has 0 bridgehead atoms. The van der Waals surface area contributed by atoms with Gasteiger partial charge in [0.05, 0.1) is 0 Å². The number of rotatable bonds is 2. The van der Waals surface area contributed by atoms with Crippen LogP contribution in [0.5, 0.6) is 0 Å². The topological polar surface area (TPSA) is 30.0 Å². The Morgan fingerprint density at radius 2 is 1.82 bits per heavy atom. The van der Waals surface area contributed by atoms with Gasteiger partial charge in [0.15, 0.2) is 5.78 Å². The van der Waals surface area contributed by atoms with Crippen LogP contribution in [0.15, 0.2) is 18.2 Å². The number of Topliss-reactive ketones (excluding diaryl/α,β-unsaturated/α-hetero) is 1. The van der Waals surface area contributed by atoms with Crippen LogP contribution in [-0.4, -0.2) is 10.8 Å². The Bertz CT molecular complexity index is 403. The number of hydrogen-bond donors (Lipinski definition) is 0. The molecule has 2 unspecified atom stereocenters. The van der Waals surface area contributed by atoms with Gasteiger partial charge in [-0.05, 0) is 50.2 Å². The van der Waals surface area contributed by atoms with Crippen molar-refractivity contribution in [3.63, 3.8) is 0 Å². The Balaban J connectivity index is 2.14. The first-order valence-corrected chi connectivity index (χ1v) is 6.54. The van der Waals surface area contributed by atoms with Crippen molar-refractivity contribution in [3.8, 4) is 0 Å². The fourth-order valence-corrected chi connectivity index (χ4v) is 3.05. The Kier molecular flexibility index (Phi) is 3.60. The van der Waals surface area contributed by atoms with Crippen LogP contribution in [0.2, 0.25) is 0 Å². The minimum absolute atomic E-state index is 0.183. The molecule has 2 heteroatoms. The summed E-state index contributed by atoms with van der Waals surface area (Å²) in [5, 5.41) is 0. The summed E-state index contributed by atoms with van der Waals surface area (Å²) in [5.41, 5.74) is 1.57. The summed E-state index contributed by atoms with van der Waals surface area (Å²) in [6.45, 7) is 6.43. The summed E-state index contributed by atoms with van der Waals surface area (Å²) >= 11 is 0. The Labute approximate surface area is 103 Å². The van der Waals surface area contributed by atoms with Crippen molar-refractivity contribution in [2.24, 2.45) is 17.8 Å². The highest BCUT2D eigenvalue weighted by Crippen LogP contribution is 2.34. The number of nitrogens with zero attached hydrogens (tertiary/aromatic N) is 1. The van der Waals surface area contributed by atoms with Gasteiger partial charge in [-0.2, -0.15) is 0 Å². The van der Waals surface area contributed by atoms with E-state index in [1.807, 2.05) is 25.1 Å². The molecule has 1 aromatic rings. The molecule has 1 saturated carbocycles. The summed E-state index contributed by atoms with van der Waals surface area (Å²) in [4.78, 5) is 16.7. The van der Waals surface area contributed by atoms with Gasteiger partial charge in [0.1, 0.15) is 5.69 Å². The summed E-state index contributed by atoms with van der Waals surface area (Å²) in [5.74, 6) is 1.75. The van der Waals surface area contributed by atoms with Gasteiger partial charge in [0.2, 0.25) is 0 Å². The van der Waals surface area contributed by atoms with Gasteiger partial charge in [-0.15, -0.1) is 0 Å². The van der Waals surface area contributed by atoms with Gasteiger partial charge in [0.25, 0.3) is 0 Å². The third kappa shape index (κ3) is 2.93. The molecule has 1 heterocycles. The molecule has 0 aromatic carbocycles. The molecule has 0 spiro atoms. The summed E-state index contributed by atoms with van der Waals surface area (Å²) in [6.07, 6.45) is 3.31. The fraction of sp³-hybridized carbons (Fsp3) is 0.600. The van der Waals surface area contributed by atoms with Crippen LogP contribution in [0.4, 0.5) is 0 Å². The molecular weight excluding hydrogens is 210 g/mol. The zero-order chi connectivity index (χ0) is 12.4. The number of aromatic nitrogens is 1. The smallest absolute Gasteiger partial charge is 0.184 e. The molecule has 0 aliphatic heterocycles. The number of carbonyl (C=O) groups is 1. The van der Waals surface area contributed by atoms with Crippen molar-refractivity contribution < 1.29 is 4.79 Å². The molecule has 0 radical (unpaired) electrons. The second-order valence-corrected chi connectivity index (χ2v) is 5.64. The summed E-state index contributed by atoms with van der Waals surface area (Å²) in [6, 6.07) is 5.70. The Morgan fingerprint density at radius 3 is 2.41 bits per heavy atom. The lowest BCUT2D eigenvalue weighted by Crippen LogP contribution is -2.26. The first kappa shape index (κ1) is 12.3. The highest BCUT2D eigenvalue weighted by atomic mass is 16.1. The summed E-state index contributed by atoms with van der Waals surface area (Å²) < 4.78 is 0. The molecule has 1 aliphatic rings. The normalized spacial score (nSPS) is 29.0. The molecular formula is C15H21NO. The van der Waals surface area contributed by atoms with Gasteiger partial charge in [-0.3, -0.25) is 9.78 Å². The molecule has 1 fully saturated rings. The van der Waals surface area contributed by atoms with E-state index in [-0.39, 0.29) is 11.7 Å². The average molecular weight is 231 g/mol. The molecule has 1 aromatic heterocycles. The zero-order valence-corrected chi connectivity index (χ0v) is 10.9. The molecule has 17 heavy (non-hydrogen) atoms. The maximum atomic E-state index is 12.4. The van der Waals surface area contributed by atoms with Crippen LogP contribution >= 0.6 is 0 Å². The predicted octanol–water partition coefficient (Wildman–Crippen LogP) is 3.65. The van der Waals surface area contributed by atoms with Gasteiger partial charge >= 0.3 is 0 Å². The third-order valence-corrected chi connectivity index (χ3v) is 3.69. The highest BCUT2D eigenvalue weighted by molar-refractivity contribution is 5.96. The maximum absolute atomic E-state index is 12.4. The van der Waals surface area contributed by atoms with E-state index in [2.05, 4.69) is 18.8 Å². The van der Waals surface area contributed by atoms with Crippen molar-refractivity contribution in [3.05, 3.63) is 29.6 Å². The van der Waals surface area contributed by atoms with E-state index in [0.29, 0.717) is 17.5 Å². The minimum atomic E-state index is 0.183. The van der Waals surface area contributed by atoms with Crippen LogP contribution in [-0.2, 0) is 0 Å². The van der Waals surface area contributed by atoms with Gasteiger partial charge in [-0.1, -0.05) is 19.9 Å². The number of carbonyl (C=O) groups excluding carboxylic acids is 1. The zero-order valence-electron chi connectivity index (χ0n) is 10.9. The first-order valence-electron chi connectivity index (χ1n) is 6.54. The lowest BCUT2D eigenvalue weighted by molar-refractivity contribution is 0.0830. The van der Waals surface area contributed by atoms with Crippen LogP contribution < -0.4 is 0 Å². The quantitative estimate of drug-likeness (QED) is 0.727. The number of ketones is 1. The largest absolute Gasteiger partial charge is 0.292 e. The predicted molar refractivity (Wildman–Crippen MR) is 69.0 cm³/mol. The van der Waals surface area contributed by atoms with Gasteiger partial charge < -0.3 is 0 Å². The Morgan fingerprint density at radius 1 is 1.18 bits per heavy atom. The van der Waals surface area contributed by atoms with E-state index in [4.69, 9.17) is 0 Å². The molecule has 92 valence electrons. The third-order valence-electron chi connectivity index (χ3n) is 3.69. The standard InChI is InChI=1S/C15H21NO/c1-10-7-11(2)9-13(8-10)15(17)14-6-4-5-12(3)16-14/h4-6,10-11,13H,7-9H2,1-3H3. The molecule has 0 saturated heterocycles. The maximum Gasteiger partial charge on any atom is 0.184 e. The molecule has 1 aliphatic carbocycles. The van der Waals surface area contributed by atoms with Crippen molar-refractivity contribution in [1.82, 2.24) is 4.98 Å². The second kappa shape index (κ2) is 4.99. The molecule has 2 nitrogen and oxygen atoms in total. The minimum Gasteiger partial charge on any atom is -0.292 e. The lowest BCUT2D eigenvalue weighted by atomic mass is 9.74. The van der Waals surface area contributed by atoms with E-state index in [1.165, 1.54) is 6.42 Å². The number of hydrogen-bond acceptors (Lipinski definition) is 2. The first-order chi connectivity index (χ1) is 8.06. The van der Waals surface area contributed by atoms with E-state index in [1.54, 1.807) is 0 Å². The Hall–Kier alpha value is -1.18. The van der Waals surface area contributed by atoms with Gasteiger partial charge in [0, 0.05) is 11.6 Å². The molecule has 2 rings (SSSR count).